The molecule has 1 saturated heterocycles. The van der Waals surface area contributed by atoms with Gasteiger partial charge < -0.3 is 15.0 Å². The maximum absolute atomic E-state index is 11.9. The number of hydrogen-bond donors (Lipinski definition) is 1. The summed E-state index contributed by atoms with van der Waals surface area (Å²) in [5.41, 5.74) is 0.784. The van der Waals surface area contributed by atoms with E-state index in [1.807, 2.05) is 11.8 Å². The molecule has 2 rings (SSSR count). The highest BCUT2D eigenvalue weighted by Crippen LogP contribution is 2.05. The lowest BCUT2D eigenvalue weighted by molar-refractivity contribution is -0.126. The van der Waals surface area contributed by atoms with Crippen LogP contribution >= 0.6 is 0 Å². The van der Waals surface area contributed by atoms with Crippen molar-refractivity contribution < 1.29 is 9.53 Å². The summed E-state index contributed by atoms with van der Waals surface area (Å²) in [6.07, 6.45) is 6.56. The Hall–Kier alpha value is -1.95. The molecule has 6 heteroatoms. The molecule has 0 bridgehead atoms. The van der Waals surface area contributed by atoms with E-state index in [2.05, 4.69) is 15.3 Å². The quantitative estimate of drug-likeness (QED) is 0.792. The molecule has 0 atom stereocenters. The fourth-order valence-corrected chi connectivity index (χ4v) is 1.77. The summed E-state index contributed by atoms with van der Waals surface area (Å²) in [6.45, 7) is 5.63. The second-order valence-corrected chi connectivity index (χ2v) is 4.14. The third kappa shape index (κ3) is 4.03. The molecule has 19 heavy (non-hydrogen) atoms. The zero-order chi connectivity index (χ0) is 13.5. The van der Waals surface area contributed by atoms with Crippen molar-refractivity contribution in [2.24, 2.45) is 0 Å². The number of nitrogens with one attached hydrogen (secondary N) is 1. The van der Waals surface area contributed by atoms with Crippen LogP contribution in [0.4, 0.5) is 0 Å². The Balaban J connectivity index is 1.91. The van der Waals surface area contributed by atoms with Crippen molar-refractivity contribution >= 4 is 12.0 Å². The van der Waals surface area contributed by atoms with Gasteiger partial charge in [-0.3, -0.25) is 4.79 Å². The summed E-state index contributed by atoms with van der Waals surface area (Å²) in [5, 5.41) is 3.21. The largest absolute Gasteiger partial charge is 0.464 e. The number of piperazine rings is 1. The van der Waals surface area contributed by atoms with Crippen molar-refractivity contribution in [3.05, 3.63) is 24.0 Å². The van der Waals surface area contributed by atoms with Gasteiger partial charge in [0.05, 0.1) is 6.61 Å². The molecule has 0 radical (unpaired) electrons. The molecule has 1 amide bonds. The first kappa shape index (κ1) is 13.5. The number of aromatic nitrogens is 2. The Bertz CT molecular complexity index is 438. The Morgan fingerprint density at radius 3 is 2.74 bits per heavy atom. The van der Waals surface area contributed by atoms with Crippen LogP contribution in [0.2, 0.25) is 0 Å². The van der Waals surface area contributed by atoms with Gasteiger partial charge in [0.2, 0.25) is 5.91 Å². The van der Waals surface area contributed by atoms with Crippen molar-refractivity contribution in [1.82, 2.24) is 20.2 Å². The highest BCUT2D eigenvalue weighted by molar-refractivity contribution is 5.91. The minimum absolute atomic E-state index is 0.0235. The second-order valence-electron chi connectivity index (χ2n) is 4.14. The molecule has 6 nitrogen and oxygen atoms in total. The summed E-state index contributed by atoms with van der Waals surface area (Å²) in [6, 6.07) is 0.355. The molecule has 0 aromatic carbocycles. The number of rotatable bonds is 4. The van der Waals surface area contributed by atoms with Crippen molar-refractivity contribution in [2.45, 2.75) is 6.92 Å². The van der Waals surface area contributed by atoms with Crippen LogP contribution in [0, 0.1) is 0 Å². The maximum atomic E-state index is 11.9. The van der Waals surface area contributed by atoms with Gasteiger partial charge in [-0.1, -0.05) is 0 Å². The van der Waals surface area contributed by atoms with E-state index >= 15 is 0 Å². The third-order valence-electron chi connectivity index (χ3n) is 2.77. The molecule has 1 fully saturated rings. The molecule has 0 spiro atoms. The van der Waals surface area contributed by atoms with Crippen molar-refractivity contribution in [3.8, 4) is 6.01 Å². The van der Waals surface area contributed by atoms with Gasteiger partial charge in [-0.05, 0) is 13.0 Å². The van der Waals surface area contributed by atoms with Crippen LogP contribution in [-0.2, 0) is 4.79 Å². The Labute approximate surface area is 112 Å². The summed E-state index contributed by atoms with van der Waals surface area (Å²) in [5.74, 6) is 0.0235. The molecule has 0 aliphatic carbocycles. The van der Waals surface area contributed by atoms with Gasteiger partial charge in [-0.15, -0.1) is 0 Å². The summed E-state index contributed by atoms with van der Waals surface area (Å²) in [4.78, 5) is 21.8. The fraction of sp³-hybridized carbons (Fsp3) is 0.462. The molecular formula is C13H18N4O2. The number of hydrogen-bond acceptors (Lipinski definition) is 5. The van der Waals surface area contributed by atoms with Gasteiger partial charge in [0, 0.05) is 50.2 Å². The average molecular weight is 262 g/mol. The van der Waals surface area contributed by atoms with Gasteiger partial charge in [-0.25, -0.2) is 9.97 Å². The molecule has 1 aliphatic rings. The topological polar surface area (TPSA) is 67.3 Å². The molecule has 102 valence electrons. The van der Waals surface area contributed by atoms with Gasteiger partial charge in [0.25, 0.3) is 0 Å². The molecule has 1 aromatic heterocycles. The number of carbonyl (C=O) groups excluding carboxylic acids is 1. The lowest BCUT2D eigenvalue weighted by atomic mass is 10.3. The molecule has 1 N–H and O–H groups in total. The minimum Gasteiger partial charge on any atom is -0.464 e. The highest BCUT2D eigenvalue weighted by Gasteiger charge is 2.12. The number of ether oxygens (including phenoxy) is 1. The van der Waals surface area contributed by atoms with Gasteiger partial charge in [0.15, 0.2) is 0 Å². The van der Waals surface area contributed by atoms with Crippen molar-refractivity contribution in [2.75, 3.05) is 32.8 Å². The maximum Gasteiger partial charge on any atom is 0.316 e. The first-order valence-corrected chi connectivity index (χ1v) is 6.42. The van der Waals surface area contributed by atoms with E-state index in [4.69, 9.17) is 4.74 Å². The number of amides is 1. The normalized spacial score (nSPS) is 15.7. The van der Waals surface area contributed by atoms with Crippen molar-refractivity contribution in [3.63, 3.8) is 0 Å². The van der Waals surface area contributed by atoms with E-state index in [9.17, 15) is 4.79 Å². The average Bonchev–Trinajstić information content (AvgIpc) is 2.47. The van der Waals surface area contributed by atoms with Crippen LogP contribution < -0.4 is 10.1 Å². The van der Waals surface area contributed by atoms with Crippen LogP contribution in [0.1, 0.15) is 12.5 Å². The van der Waals surface area contributed by atoms with Crippen LogP contribution in [0.5, 0.6) is 6.01 Å². The van der Waals surface area contributed by atoms with Crippen LogP contribution in [0.15, 0.2) is 18.5 Å². The van der Waals surface area contributed by atoms with Gasteiger partial charge >= 0.3 is 6.01 Å². The fourth-order valence-electron chi connectivity index (χ4n) is 1.77. The summed E-state index contributed by atoms with van der Waals surface area (Å²) >= 11 is 0. The lowest BCUT2D eigenvalue weighted by Gasteiger charge is -2.26. The number of nitrogens with zero attached hydrogens (tertiary/aromatic N) is 3. The molecule has 1 aromatic rings. The van der Waals surface area contributed by atoms with Crippen LogP contribution in [0.3, 0.4) is 0 Å². The third-order valence-corrected chi connectivity index (χ3v) is 2.77. The summed E-state index contributed by atoms with van der Waals surface area (Å²) in [7, 11) is 0. The van der Waals surface area contributed by atoms with Crippen LogP contribution in [0.25, 0.3) is 6.08 Å². The van der Waals surface area contributed by atoms with E-state index in [-0.39, 0.29) is 5.91 Å². The van der Waals surface area contributed by atoms with Gasteiger partial charge in [0.1, 0.15) is 0 Å². The predicted octanol–water partition coefficient (Wildman–Crippen LogP) is 0.320. The standard InChI is InChI=1S/C13H18N4O2/c1-2-19-13-15-9-11(10-16-13)3-4-12(18)17-7-5-14-6-8-17/h3-4,9-10,14H,2,5-8H2,1H3/b4-3+. The van der Waals surface area contributed by atoms with Crippen LogP contribution in [-0.4, -0.2) is 53.6 Å². The monoisotopic (exact) mass is 262 g/mol. The smallest absolute Gasteiger partial charge is 0.316 e. The zero-order valence-corrected chi connectivity index (χ0v) is 11.0. The molecule has 1 aliphatic heterocycles. The Kier molecular flexibility index (Phi) is 4.85. The molecular weight excluding hydrogens is 244 g/mol. The van der Waals surface area contributed by atoms with E-state index < -0.39 is 0 Å². The Morgan fingerprint density at radius 1 is 1.42 bits per heavy atom. The Morgan fingerprint density at radius 2 is 2.11 bits per heavy atom. The molecule has 0 saturated carbocycles. The van der Waals surface area contributed by atoms with E-state index in [0.717, 1.165) is 31.7 Å². The number of carbonyl (C=O) groups is 1. The second kappa shape index (κ2) is 6.84. The first-order chi connectivity index (χ1) is 9.29. The molecule has 2 heterocycles. The minimum atomic E-state index is 0.0235. The summed E-state index contributed by atoms with van der Waals surface area (Å²) < 4.78 is 5.15. The van der Waals surface area contributed by atoms with Gasteiger partial charge in [-0.2, -0.15) is 0 Å². The first-order valence-electron chi connectivity index (χ1n) is 6.42. The zero-order valence-electron chi connectivity index (χ0n) is 11.0. The van der Waals surface area contributed by atoms with E-state index in [0.29, 0.717) is 12.6 Å². The predicted molar refractivity (Wildman–Crippen MR) is 71.7 cm³/mol. The lowest BCUT2D eigenvalue weighted by Crippen LogP contribution is -2.45. The highest BCUT2D eigenvalue weighted by atomic mass is 16.5. The van der Waals surface area contributed by atoms with Crippen molar-refractivity contribution in [1.29, 1.82) is 0 Å². The van der Waals surface area contributed by atoms with E-state index in [1.54, 1.807) is 24.5 Å². The molecule has 0 unspecified atom stereocenters. The SMILES string of the molecule is CCOc1ncc(/C=C/C(=O)N2CCNCC2)cn1. The van der Waals surface area contributed by atoms with E-state index in [1.165, 1.54) is 0 Å².